The van der Waals surface area contributed by atoms with E-state index in [9.17, 15) is 9.59 Å². The van der Waals surface area contributed by atoms with Crippen LogP contribution >= 0.6 is 0 Å². The number of carbonyl (C=O) groups is 2. The van der Waals surface area contributed by atoms with Gasteiger partial charge in [0.1, 0.15) is 11.6 Å². The summed E-state index contributed by atoms with van der Waals surface area (Å²) in [7, 11) is 1.37. The van der Waals surface area contributed by atoms with Gasteiger partial charge in [-0.05, 0) is 39.0 Å². The molecule has 5 heteroatoms. The molecule has 2 aliphatic rings. The molecule has 0 N–H and O–H groups in total. The van der Waals surface area contributed by atoms with Crippen LogP contribution in [0.15, 0.2) is 0 Å². The number of amides is 1. The third kappa shape index (κ3) is 2.36. The summed E-state index contributed by atoms with van der Waals surface area (Å²) in [6.07, 6.45) is 4.22. The van der Waals surface area contributed by atoms with Crippen molar-refractivity contribution in [3.63, 3.8) is 0 Å². The maximum atomic E-state index is 12.5. The molecule has 1 amide bonds. The van der Waals surface area contributed by atoms with E-state index in [4.69, 9.17) is 9.47 Å². The molecule has 0 aromatic rings. The van der Waals surface area contributed by atoms with Gasteiger partial charge in [-0.2, -0.15) is 0 Å². The fourth-order valence-corrected chi connectivity index (χ4v) is 2.81. The molecular weight excluding hydrogens is 234 g/mol. The molecule has 18 heavy (non-hydrogen) atoms. The van der Waals surface area contributed by atoms with Gasteiger partial charge in [-0.15, -0.1) is 0 Å². The number of nitrogens with zero attached hydrogens (tertiary/aromatic N) is 1. The van der Waals surface area contributed by atoms with Crippen LogP contribution < -0.4 is 0 Å². The first-order chi connectivity index (χ1) is 8.58. The molecule has 2 fully saturated rings. The molecule has 0 aliphatic carbocycles. The van der Waals surface area contributed by atoms with E-state index in [0.29, 0.717) is 19.6 Å². The Morgan fingerprint density at radius 3 is 2.72 bits per heavy atom. The Bertz CT molecular complexity index is 336. The zero-order valence-corrected chi connectivity index (χ0v) is 11.1. The summed E-state index contributed by atoms with van der Waals surface area (Å²) in [4.78, 5) is 25.9. The molecule has 1 unspecified atom stereocenters. The lowest BCUT2D eigenvalue weighted by molar-refractivity contribution is -0.164. The molecule has 2 atom stereocenters. The molecule has 5 nitrogen and oxygen atoms in total. The van der Waals surface area contributed by atoms with Crippen molar-refractivity contribution >= 4 is 11.9 Å². The minimum atomic E-state index is -0.746. The first-order valence-corrected chi connectivity index (χ1v) is 6.61. The van der Waals surface area contributed by atoms with Crippen LogP contribution in [0.2, 0.25) is 0 Å². The van der Waals surface area contributed by atoms with E-state index in [1.165, 1.54) is 7.11 Å². The highest BCUT2D eigenvalue weighted by atomic mass is 16.5. The fraction of sp³-hybridized carbons (Fsp3) is 0.846. The second-order valence-corrected chi connectivity index (χ2v) is 5.22. The number of piperidine rings is 1. The molecule has 0 radical (unpaired) electrons. The van der Waals surface area contributed by atoms with Crippen LogP contribution in [0.1, 0.15) is 39.0 Å². The van der Waals surface area contributed by atoms with E-state index in [2.05, 4.69) is 0 Å². The molecule has 2 heterocycles. The lowest BCUT2D eigenvalue weighted by atomic mass is 9.95. The van der Waals surface area contributed by atoms with E-state index < -0.39 is 11.6 Å². The molecule has 0 aromatic heterocycles. The van der Waals surface area contributed by atoms with Crippen LogP contribution in [-0.4, -0.2) is 48.7 Å². The number of carbonyl (C=O) groups excluding carboxylic acids is 2. The standard InChI is InChI=1S/C13H21NO4/c1-13(7-5-9-18-13)12(16)14-8-4-3-6-10(14)11(15)17-2/h10H,3-9H2,1-2H3/t10-,13?/m1/s1. The number of ether oxygens (including phenoxy) is 2. The fourth-order valence-electron chi connectivity index (χ4n) is 2.81. The van der Waals surface area contributed by atoms with E-state index in [0.717, 1.165) is 25.7 Å². The number of likely N-dealkylation sites (tertiary alicyclic amines) is 1. The molecule has 102 valence electrons. The first kappa shape index (κ1) is 13.3. The highest BCUT2D eigenvalue weighted by molar-refractivity contribution is 5.90. The van der Waals surface area contributed by atoms with E-state index in [-0.39, 0.29) is 11.9 Å². The van der Waals surface area contributed by atoms with Gasteiger partial charge in [-0.1, -0.05) is 0 Å². The molecular formula is C13H21NO4. The SMILES string of the molecule is COC(=O)[C@H]1CCCCN1C(=O)C1(C)CCCO1. The van der Waals surface area contributed by atoms with E-state index >= 15 is 0 Å². The van der Waals surface area contributed by atoms with Crippen molar-refractivity contribution in [2.24, 2.45) is 0 Å². The molecule has 2 aliphatic heterocycles. The summed E-state index contributed by atoms with van der Waals surface area (Å²) in [5.41, 5.74) is -0.746. The zero-order chi connectivity index (χ0) is 13.2. The quantitative estimate of drug-likeness (QED) is 0.694. The van der Waals surface area contributed by atoms with Gasteiger partial charge in [0.05, 0.1) is 7.11 Å². The highest BCUT2D eigenvalue weighted by Crippen LogP contribution is 2.30. The number of hydrogen-bond acceptors (Lipinski definition) is 4. The number of hydrogen-bond donors (Lipinski definition) is 0. The van der Waals surface area contributed by atoms with Gasteiger partial charge in [-0.3, -0.25) is 4.79 Å². The van der Waals surface area contributed by atoms with Gasteiger partial charge in [0, 0.05) is 13.2 Å². The van der Waals surface area contributed by atoms with Crippen molar-refractivity contribution in [1.82, 2.24) is 4.90 Å². The van der Waals surface area contributed by atoms with Crippen LogP contribution in [0.5, 0.6) is 0 Å². The molecule has 0 aromatic carbocycles. The minimum Gasteiger partial charge on any atom is -0.467 e. The molecule has 2 saturated heterocycles. The van der Waals surface area contributed by atoms with Crippen LogP contribution in [-0.2, 0) is 19.1 Å². The average Bonchev–Trinajstić information content (AvgIpc) is 2.85. The summed E-state index contributed by atoms with van der Waals surface area (Å²) < 4.78 is 10.4. The Morgan fingerprint density at radius 2 is 2.11 bits per heavy atom. The van der Waals surface area contributed by atoms with Gasteiger partial charge in [0.25, 0.3) is 5.91 Å². The second kappa shape index (κ2) is 5.26. The minimum absolute atomic E-state index is 0.0601. The normalized spacial score (nSPS) is 32.3. The summed E-state index contributed by atoms with van der Waals surface area (Å²) >= 11 is 0. The Morgan fingerprint density at radius 1 is 1.33 bits per heavy atom. The molecule has 0 saturated carbocycles. The Hall–Kier alpha value is -1.10. The van der Waals surface area contributed by atoms with Crippen molar-refractivity contribution in [2.75, 3.05) is 20.3 Å². The van der Waals surface area contributed by atoms with E-state index in [1.54, 1.807) is 4.90 Å². The number of esters is 1. The van der Waals surface area contributed by atoms with Crippen LogP contribution in [0.3, 0.4) is 0 Å². The zero-order valence-electron chi connectivity index (χ0n) is 11.1. The van der Waals surface area contributed by atoms with Gasteiger partial charge < -0.3 is 14.4 Å². The smallest absolute Gasteiger partial charge is 0.328 e. The second-order valence-electron chi connectivity index (χ2n) is 5.22. The highest BCUT2D eigenvalue weighted by Gasteiger charge is 2.44. The summed E-state index contributed by atoms with van der Waals surface area (Å²) in [5.74, 6) is -0.375. The topological polar surface area (TPSA) is 55.8 Å². The molecule has 0 bridgehead atoms. The summed E-state index contributed by atoms with van der Waals surface area (Å²) in [6, 6.07) is -0.433. The lowest BCUT2D eigenvalue weighted by Crippen LogP contribution is -2.55. The van der Waals surface area contributed by atoms with Crippen molar-refractivity contribution < 1.29 is 19.1 Å². The molecule has 2 rings (SSSR count). The van der Waals surface area contributed by atoms with Gasteiger partial charge >= 0.3 is 5.97 Å². The van der Waals surface area contributed by atoms with Crippen LogP contribution in [0.25, 0.3) is 0 Å². The predicted octanol–water partition coefficient (Wildman–Crippen LogP) is 1.11. The largest absolute Gasteiger partial charge is 0.467 e. The number of methoxy groups -OCH3 is 1. The third-order valence-corrected chi connectivity index (χ3v) is 3.91. The Kier molecular flexibility index (Phi) is 3.90. The van der Waals surface area contributed by atoms with Crippen molar-refractivity contribution in [3.8, 4) is 0 Å². The third-order valence-electron chi connectivity index (χ3n) is 3.91. The Labute approximate surface area is 107 Å². The van der Waals surface area contributed by atoms with Crippen molar-refractivity contribution in [3.05, 3.63) is 0 Å². The van der Waals surface area contributed by atoms with Crippen LogP contribution in [0.4, 0.5) is 0 Å². The van der Waals surface area contributed by atoms with E-state index in [1.807, 2.05) is 6.92 Å². The maximum absolute atomic E-state index is 12.5. The maximum Gasteiger partial charge on any atom is 0.328 e. The van der Waals surface area contributed by atoms with Crippen molar-refractivity contribution in [2.45, 2.75) is 50.7 Å². The summed E-state index contributed by atoms with van der Waals surface area (Å²) in [6.45, 7) is 3.07. The van der Waals surface area contributed by atoms with Crippen molar-refractivity contribution in [1.29, 1.82) is 0 Å². The number of rotatable bonds is 2. The predicted molar refractivity (Wildman–Crippen MR) is 65.0 cm³/mol. The van der Waals surface area contributed by atoms with Gasteiger partial charge in [-0.25, -0.2) is 4.79 Å². The summed E-state index contributed by atoms with van der Waals surface area (Å²) in [5, 5.41) is 0. The Balaban J connectivity index is 2.13. The lowest BCUT2D eigenvalue weighted by Gasteiger charge is -2.38. The first-order valence-electron chi connectivity index (χ1n) is 6.61. The van der Waals surface area contributed by atoms with Gasteiger partial charge in [0.2, 0.25) is 0 Å². The average molecular weight is 255 g/mol. The van der Waals surface area contributed by atoms with Gasteiger partial charge in [0.15, 0.2) is 0 Å². The monoisotopic (exact) mass is 255 g/mol. The van der Waals surface area contributed by atoms with Crippen LogP contribution in [0, 0.1) is 0 Å². The molecule has 0 spiro atoms.